The molecule has 0 amide bonds. The fraction of sp³-hybridized carbons (Fsp3) is 1.00. The molecule has 3 heteroatoms. The standard InChI is InChI=1S/C7H16OS2/c1-7(2,6-8)10-5-4-9-3/h8H,4-6H2,1-3H3. The van der Waals surface area contributed by atoms with E-state index in [0.29, 0.717) is 0 Å². The first-order valence-corrected chi connectivity index (χ1v) is 5.74. The Labute approximate surface area is 72.0 Å². The molecular formula is C7H16OS2. The molecule has 0 aromatic heterocycles. The van der Waals surface area contributed by atoms with Crippen molar-refractivity contribution in [2.75, 3.05) is 24.4 Å². The molecule has 0 saturated heterocycles. The minimum absolute atomic E-state index is 0.0513. The van der Waals surface area contributed by atoms with Crippen molar-refractivity contribution in [2.45, 2.75) is 18.6 Å². The summed E-state index contributed by atoms with van der Waals surface area (Å²) in [6.45, 7) is 4.40. The molecule has 1 N–H and O–H groups in total. The highest BCUT2D eigenvalue weighted by Crippen LogP contribution is 2.23. The Balaban J connectivity index is 3.28. The van der Waals surface area contributed by atoms with Gasteiger partial charge in [-0.15, -0.1) is 0 Å². The number of rotatable bonds is 5. The Kier molecular flexibility index (Phi) is 5.68. The highest BCUT2D eigenvalue weighted by Gasteiger charge is 2.15. The molecule has 0 heterocycles. The number of aliphatic hydroxyl groups excluding tert-OH is 1. The van der Waals surface area contributed by atoms with Gasteiger partial charge in [0.25, 0.3) is 0 Å². The minimum Gasteiger partial charge on any atom is -0.395 e. The van der Waals surface area contributed by atoms with Crippen LogP contribution >= 0.6 is 23.5 Å². The SMILES string of the molecule is CSCCSC(C)(C)CO. The first-order valence-electron chi connectivity index (χ1n) is 3.36. The Hall–Kier alpha value is 0.660. The van der Waals surface area contributed by atoms with Gasteiger partial charge in [-0.2, -0.15) is 23.5 Å². The van der Waals surface area contributed by atoms with Crippen LogP contribution in [-0.4, -0.2) is 34.2 Å². The van der Waals surface area contributed by atoms with Gasteiger partial charge in [0, 0.05) is 16.3 Å². The van der Waals surface area contributed by atoms with Crippen molar-refractivity contribution in [3.8, 4) is 0 Å². The van der Waals surface area contributed by atoms with Crippen LogP contribution in [0.4, 0.5) is 0 Å². The zero-order chi connectivity index (χ0) is 8.04. The Morgan fingerprint density at radius 1 is 1.30 bits per heavy atom. The maximum absolute atomic E-state index is 8.87. The van der Waals surface area contributed by atoms with Crippen molar-refractivity contribution in [3.63, 3.8) is 0 Å². The molecule has 1 nitrogen and oxygen atoms in total. The summed E-state index contributed by atoms with van der Waals surface area (Å²) in [5.41, 5.74) is 0. The molecule has 0 aliphatic rings. The van der Waals surface area contributed by atoms with E-state index in [1.807, 2.05) is 23.5 Å². The first kappa shape index (κ1) is 10.7. The van der Waals surface area contributed by atoms with E-state index in [2.05, 4.69) is 20.1 Å². The zero-order valence-corrected chi connectivity index (χ0v) is 8.52. The van der Waals surface area contributed by atoms with Crippen molar-refractivity contribution in [2.24, 2.45) is 0 Å². The lowest BCUT2D eigenvalue weighted by Gasteiger charge is -2.20. The lowest BCUT2D eigenvalue weighted by molar-refractivity contribution is 0.265. The van der Waals surface area contributed by atoms with Crippen LogP contribution in [0.2, 0.25) is 0 Å². The van der Waals surface area contributed by atoms with Gasteiger partial charge in [0.05, 0.1) is 6.61 Å². The van der Waals surface area contributed by atoms with Crippen LogP contribution in [0.15, 0.2) is 0 Å². The van der Waals surface area contributed by atoms with Gasteiger partial charge in [-0.25, -0.2) is 0 Å². The van der Waals surface area contributed by atoms with Crippen molar-refractivity contribution in [3.05, 3.63) is 0 Å². The van der Waals surface area contributed by atoms with E-state index in [1.54, 1.807) is 0 Å². The average molecular weight is 180 g/mol. The van der Waals surface area contributed by atoms with Crippen LogP contribution in [-0.2, 0) is 0 Å². The molecule has 0 saturated carbocycles. The maximum atomic E-state index is 8.87. The van der Waals surface area contributed by atoms with Crippen LogP contribution in [0.25, 0.3) is 0 Å². The van der Waals surface area contributed by atoms with Gasteiger partial charge in [-0.05, 0) is 20.1 Å². The second kappa shape index (κ2) is 5.33. The van der Waals surface area contributed by atoms with Crippen LogP contribution in [0.1, 0.15) is 13.8 Å². The van der Waals surface area contributed by atoms with E-state index in [9.17, 15) is 0 Å². The van der Waals surface area contributed by atoms with E-state index < -0.39 is 0 Å². The summed E-state index contributed by atoms with van der Waals surface area (Å²) >= 11 is 3.68. The van der Waals surface area contributed by atoms with Crippen molar-refractivity contribution in [1.29, 1.82) is 0 Å². The topological polar surface area (TPSA) is 20.2 Å². The third-order valence-electron chi connectivity index (χ3n) is 1.16. The van der Waals surface area contributed by atoms with Crippen LogP contribution < -0.4 is 0 Å². The van der Waals surface area contributed by atoms with Gasteiger partial charge in [0.2, 0.25) is 0 Å². The number of hydrogen-bond donors (Lipinski definition) is 1. The number of thioether (sulfide) groups is 2. The van der Waals surface area contributed by atoms with E-state index in [0.717, 1.165) is 5.75 Å². The second-order valence-corrected chi connectivity index (χ2v) is 5.55. The molecule has 0 spiro atoms. The number of aliphatic hydroxyl groups is 1. The van der Waals surface area contributed by atoms with Gasteiger partial charge in [-0.3, -0.25) is 0 Å². The summed E-state index contributed by atoms with van der Waals surface area (Å²) < 4.78 is 0.0513. The third-order valence-corrected chi connectivity index (χ3v) is 3.35. The smallest absolute Gasteiger partial charge is 0.0572 e. The summed E-state index contributed by atoms with van der Waals surface area (Å²) in [7, 11) is 0. The average Bonchev–Trinajstić information content (AvgIpc) is 1.89. The monoisotopic (exact) mass is 180 g/mol. The predicted octanol–water partition coefficient (Wildman–Crippen LogP) is 1.85. The van der Waals surface area contributed by atoms with Gasteiger partial charge < -0.3 is 5.11 Å². The molecule has 0 fully saturated rings. The third kappa shape index (κ3) is 5.45. The summed E-state index contributed by atoms with van der Waals surface area (Å²) in [6.07, 6.45) is 2.10. The zero-order valence-electron chi connectivity index (χ0n) is 6.89. The van der Waals surface area contributed by atoms with Gasteiger partial charge in [0.15, 0.2) is 0 Å². The van der Waals surface area contributed by atoms with Crippen molar-refractivity contribution >= 4 is 23.5 Å². The molecule has 0 unspecified atom stereocenters. The quantitative estimate of drug-likeness (QED) is 0.652. The van der Waals surface area contributed by atoms with E-state index in [4.69, 9.17) is 5.11 Å². The normalized spacial score (nSPS) is 12.0. The van der Waals surface area contributed by atoms with Gasteiger partial charge in [-0.1, -0.05) is 0 Å². The highest BCUT2D eigenvalue weighted by molar-refractivity contribution is 8.03. The molecule has 0 rings (SSSR count). The molecule has 0 aliphatic heterocycles. The number of hydrogen-bond acceptors (Lipinski definition) is 3. The lowest BCUT2D eigenvalue weighted by Crippen LogP contribution is -2.20. The van der Waals surface area contributed by atoms with Gasteiger partial charge in [0.1, 0.15) is 0 Å². The minimum atomic E-state index is 0.0513. The fourth-order valence-corrected chi connectivity index (χ4v) is 2.09. The molecular weight excluding hydrogens is 164 g/mol. The molecule has 0 aliphatic carbocycles. The van der Waals surface area contributed by atoms with Crippen molar-refractivity contribution < 1.29 is 5.11 Å². The molecule has 0 aromatic carbocycles. The Morgan fingerprint density at radius 2 is 1.90 bits per heavy atom. The molecule has 62 valence electrons. The lowest BCUT2D eigenvalue weighted by atomic mass is 10.2. The second-order valence-electron chi connectivity index (χ2n) is 2.76. The molecule has 0 aromatic rings. The van der Waals surface area contributed by atoms with Crippen LogP contribution in [0, 0.1) is 0 Å². The highest BCUT2D eigenvalue weighted by atomic mass is 32.2. The van der Waals surface area contributed by atoms with Crippen LogP contribution in [0.5, 0.6) is 0 Å². The van der Waals surface area contributed by atoms with Gasteiger partial charge >= 0.3 is 0 Å². The predicted molar refractivity (Wildman–Crippen MR) is 52.0 cm³/mol. The fourth-order valence-electron chi connectivity index (χ4n) is 0.447. The van der Waals surface area contributed by atoms with Crippen LogP contribution in [0.3, 0.4) is 0 Å². The van der Waals surface area contributed by atoms with E-state index in [-0.39, 0.29) is 11.4 Å². The summed E-state index contributed by atoms with van der Waals surface area (Å²) in [5.74, 6) is 2.31. The summed E-state index contributed by atoms with van der Waals surface area (Å²) in [4.78, 5) is 0. The Bertz CT molecular complexity index is 83.7. The molecule has 0 radical (unpaired) electrons. The van der Waals surface area contributed by atoms with Crippen molar-refractivity contribution in [1.82, 2.24) is 0 Å². The maximum Gasteiger partial charge on any atom is 0.0572 e. The molecule has 0 atom stereocenters. The molecule has 0 bridgehead atoms. The van der Waals surface area contributed by atoms with E-state index >= 15 is 0 Å². The summed E-state index contributed by atoms with van der Waals surface area (Å²) in [6, 6.07) is 0. The molecule has 10 heavy (non-hydrogen) atoms. The first-order chi connectivity index (χ1) is 4.62. The summed E-state index contributed by atoms with van der Waals surface area (Å²) in [5, 5.41) is 8.87. The Morgan fingerprint density at radius 3 is 2.30 bits per heavy atom. The largest absolute Gasteiger partial charge is 0.395 e. The van der Waals surface area contributed by atoms with E-state index in [1.165, 1.54) is 5.75 Å².